The molecule has 1 fully saturated rings. The number of sulfonamides is 1. The number of pyridine rings is 1. The van der Waals surface area contributed by atoms with Crippen molar-refractivity contribution >= 4 is 39.3 Å². The van der Waals surface area contributed by atoms with Gasteiger partial charge in [-0.3, -0.25) is 30.6 Å². The highest BCUT2D eigenvalue weighted by molar-refractivity contribution is 7.99. The zero-order chi connectivity index (χ0) is 23.1. The Kier molecular flexibility index (Phi) is 7.74. The standard InChI is InChI=1S/C18H19N5O7S2/c24-16(20-21-18(25)13-2-1-3-14(10-13)23(26)27)12-31-17-5-4-15(11-19-17)32(28,29)22-6-8-30-9-7-22/h1-5,10-11H,6-9,12H2,(H,20,24)(H,21,25). The topological polar surface area (TPSA) is 161 Å². The molecule has 0 aliphatic carbocycles. The van der Waals surface area contributed by atoms with Gasteiger partial charge in [0, 0.05) is 37.0 Å². The molecule has 1 aromatic heterocycles. The van der Waals surface area contributed by atoms with Crippen LogP contribution in [0.3, 0.4) is 0 Å². The molecule has 2 heterocycles. The van der Waals surface area contributed by atoms with Gasteiger partial charge >= 0.3 is 0 Å². The lowest BCUT2D eigenvalue weighted by atomic mass is 10.2. The number of hydrogen-bond donors (Lipinski definition) is 2. The second-order valence-corrected chi connectivity index (χ2v) is 9.38. The maximum atomic E-state index is 12.6. The van der Waals surface area contributed by atoms with E-state index in [1.165, 1.54) is 40.8 Å². The molecule has 0 atom stereocenters. The molecular formula is C18H19N5O7S2. The maximum absolute atomic E-state index is 12.6. The van der Waals surface area contributed by atoms with Crippen LogP contribution < -0.4 is 10.9 Å². The summed E-state index contributed by atoms with van der Waals surface area (Å²) in [5.41, 5.74) is 4.16. The summed E-state index contributed by atoms with van der Waals surface area (Å²) in [4.78, 5) is 38.3. The molecule has 0 saturated carbocycles. The molecule has 1 aliphatic heterocycles. The van der Waals surface area contributed by atoms with Crippen molar-refractivity contribution in [3.8, 4) is 0 Å². The van der Waals surface area contributed by atoms with Gasteiger partial charge in [0.25, 0.3) is 11.6 Å². The summed E-state index contributed by atoms with van der Waals surface area (Å²) in [7, 11) is -3.65. The van der Waals surface area contributed by atoms with Gasteiger partial charge in [0.05, 0.1) is 28.9 Å². The van der Waals surface area contributed by atoms with Crippen molar-refractivity contribution in [3.05, 3.63) is 58.3 Å². The summed E-state index contributed by atoms with van der Waals surface area (Å²) >= 11 is 1.05. The fourth-order valence-electron chi connectivity index (χ4n) is 2.68. The Morgan fingerprint density at radius 2 is 1.94 bits per heavy atom. The number of aromatic nitrogens is 1. The average Bonchev–Trinajstić information content (AvgIpc) is 2.82. The van der Waals surface area contributed by atoms with Crippen LogP contribution in [0.1, 0.15) is 10.4 Å². The van der Waals surface area contributed by atoms with Crippen LogP contribution in [0.15, 0.2) is 52.5 Å². The van der Waals surface area contributed by atoms with Crippen LogP contribution >= 0.6 is 11.8 Å². The Morgan fingerprint density at radius 3 is 2.59 bits per heavy atom. The maximum Gasteiger partial charge on any atom is 0.270 e. The average molecular weight is 482 g/mol. The number of nitrogens with zero attached hydrogens (tertiary/aromatic N) is 3. The Balaban J connectivity index is 1.49. The van der Waals surface area contributed by atoms with Crippen LogP contribution in [0.2, 0.25) is 0 Å². The third kappa shape index (κ3) is 6.00. The predicted octanol–water partition coefficient (Wildman–Crippen LogP) is 0.564. The van der Waals surface area contributed by atoms with Gasteiger partial charge in [0.2, 0.25) is 15.9 Å². The van der Waals surface area contributed by atoms with Crippen molar-refractivity contribution in [2.75, 3.05) is 32.1 Å². The van der Waals surface area contributed by atoms with E-state index in [2.05, 4.69) is 15.8 Å². The highest BCUT2D eigenvalue weighted by Crippen LogP contribution is 2.20. The number of thioether (sulfide) groups is 1. The quantitative estimate of drug-likeness (QED) is 0.327. The molecule has 0 radical (unpaired) electrons. The van der Waals surface area contributed by atoms with Crippen molar-refractivity contribution in [3.63, 3.8) is 0 Å². The van der Waals surface area contributed by atoms with Gasteiger partial charge < -0.3 is 4.74 Å². The third-order valence-electron chi connectivity index (χ3n) is 4.30. The smallest absolute Gasteiger partial charge is 0.270 e. The van der Waals surface area contributed by atoms with E-state index in [1.807, 2.05) is 0 Å². The van der Waals surface area contributed by atoms with Gasteiger partial charge in [-0.25, -0.2) is 13.4 Å². The summed E-state index contributed by atoms with van der Waals surface area (Å²) < 4.78 is 31.6. The number of hydrogen-bond acceptors (Lipinski definition) is 9. The van der Waals surface area contributed by atoms with E-state index in [-0.39, 0.29) is 35.0 Å². The van der Waals surface area contributed by atoms with Crippen molar-refractivity contribution in [2.45, 2.75) is 9.92 Å². The van der Waals surface area contributed by atoms with E-state index < -0.39 is 26.8 Å². The monoisotopic (exact) mass is 481 g/mol. The summed E-state index contributed by atoms with van der Waals surface area (Å²) in [6.45, 7) is 1.24. The number of non-ortho nitro benzene ring substituents is 1. The first-order valence-corrected chi connectivity index (χ1v) is 11.7. The van der Waals surface area contributed by atoms with Crippen LogP contribution in [-0.4, -0.2) is 66.5 Å². The van der Waals surface area contributed by atoms with Crippen molar-refractivity contribution in [1.82, 2.24) is 20.1 Å². The Labute approximate surface area is 187 Å². The van der Waals surface area contributed by atoms with E-state index in [0.717, 1.165) is 17.8 Å². The van der Waals surface area contributed by atoms with Gasteiger partial charge in [0.1, 0.15) is 4.90 Å². The van der Waals surface area contributed by atoms with Gasteiger partial charge in [-0.05, 0) is 18.2 Å². The first kappa shape index (κ1) is 23.6. The van der Waals surface area contributed by atoms with Crippen LogP contribution in [0.4, 0.5) is 5.69 Å². The van der Waals surface area contributed by atoms with E-state index in [1.54, 1.807) is 0 Å². The van der Waals surface area contributed by atoms with E-state index in [0.29, 0.717) is 18.2 Å². The molecule has 2 N–H and O–H groups in total. The SMILES string of the molecule is O=C(CSc1ccc(S(=O)(=O)N2CCOCC2)cn1)NNC(=O)c1cccc([N+](=O)[O-])c1. The van der Waals surface area contributed by atoms with Gasteiger partial charge in [-0.15, -0.1) is 0 Å². The molecular weight excluding hydrogens is 462 g/mol. The number of nitrogens with one attached hydrogen (secondary N) is 2. The van der Waals surface area contributed by atoms with Crippen LogP contribution in [-0.2, 0) is 19.6 Å². The molecule has 32 heavy (non-hydrogen) atoms. The molecule has 0 unspecified atom stereocenters. The zero-order valence-corrected chi connectivity index (χ0v) is 18.2. The van der Waals surface area contributed by atoms with Gasteiger partial charge in [-0.2, -0.15) is 4.31 Å². The number of benzene rings is 1. The molecule has 12 nitrogen and oxygen atoms in total. The molecule has 0 bridgehead atoms. The second-order valence-electron chi connectivity index (χ2n) is 6.45. The Bertz CT molecular complexity index is 1100. The summed E-state index contributed by atoms with van der Waals surface area (Å²) in [5.74, 6) is -1.35. The lowest BCUT2D eigenvalue weighted by Crippen LogP contribution is -2.42. The number of carbonyl (C=O) groups is 2. The highest BCUT2D eigenvalue weighted by atomic mass is 32.2. The third-order valence-corrected chi connectivity index (χ3v) is 7.13. The minimum Gasteiger partial charge on any atom is -0.379 e. The molecule has 170 valence electrons. The molecule has 3 rings (SSSR count). The minimum absolute atomic E-state index is 0.0193. The molecule has 2 aromatic rings. The summed E-state index contributed by atoms with van der Waals surface area (Å²) in [6.07, 6.45) is 1.23. The van der Waals surface area contributed by atoms with Gasteiger partial charge in [0.15, 0.2) is 0 Å². The number of nitro groups is 1. The molecule has 1 saturated heterocycles. The number of amides is 2. The number of rotatable bonds is 7. The van der Waals surface area contributed by atoms with Crippen LogP contribution in [0.5, 0.6) is 0 Å². The highest BCUT2D eigenvalue weighted by Gasteiger charge is 2.26. The number of ether oxygens (including phenoxy) is 1. The molecule has 1 aromatic carbocycles. The minimum atomic E-state index is -3.65. The number of hydrazine groups is 1. The summed E-state index contributed by atoms with van der Waals surface area (Å²) in [5, 5.41) is 11.2. The van der Waals surface area contributed by atoms with Crippen LogP contribution in [0.25, 0.3) is 0 Å². The van der Waals surface area contributed by atoms with Crippen LogP contribution in [0, 0.1) is 10.1 Å². The van der Waals surface area contributed by atoms with Crippen molar-refractivity contribution < 1.29 is 27.7 Å². The fourth-order valence-corrected chi connectivity index (χ4v) is 4.67. The molecule has 0 spiro atoms. The molecule has 2 amide bonds. The van der Waals surface area contributed by atoms with E-state index >= 15 is 0 Å². The normalized spacial score (nSPS) is 14.5. The first-order chi connectivity index (χ1) is 15.3. The second kappa shape index (κ2) is 10.5. The Morgan fingerprint density at radius 1 is 1.19 bits per heavy atom. The molecule has 1 aliphatic rings. The largest absolute Gasteiger partial charge is 0.379 e. The van der Waals surface area contributed by atoms with E-state index in [9.17, 15) is 28.1 Å². The lowest BCUT2D eigenvalue weighted by Gasteiger charge is -2.25. The number of carbonyl (C=O) groups excluding carboxylic acids is 2. The number of nitro benzene ring substituents is 1. The van der Waals surface area contributed by atoms with Crippen molar-refractivity contribution in [1.29, 1.82) is 0 Å². The summed E-state index contributed by atoms with van der Waals surface area (Å²) in [6, 6.07) is 7.98. The Hall–Kier alpha value is -3.07. The zero-order valence-electron chi connectivity index (χ0n) is 16.6. The lowest BCUT2D eigenvalue weighted by molar-refractivity contribution is -0.384. The van der Waals surface area contributed by atoms with Crippen molar-refractivity contribution in [2.24, 2.45) is 0 Å². The number of morpholine rings is 1. The van der Waals surface area contributed by atoms with Gasteiger partial charge in [-0.1, -0.05) is 17.8 Å². The first-order valence-electron chi connectivity index (χ1n) is 9.28. The predicted molar refractivity (Wildman–Crippen MR) is 113 cm³/mol. The fraction of sp³-hybridized carbons (Fsp3) is 0.278. The van der Waals surface area contributed by atoms with E-state index in [4.69, 9.17) is 4.74 Å². The molecule has 14 heteroatoms.